The van der Waals surface area contributed by atoms with Gasteiger partial charge < -0.3 is 10.2 Å². The van der Waals surface area contributed by atoms with Crippen molar-refractivity contribution in [3.05, 3.63) is 58.1 Å². The molecule has 1 N–H and O–H groups in total. The van der Waals surface area contributed by atoms with Crippen molar-refractivity contribution in [2.75, 3.05) is 35.5 Å². The molecule has 0 unspecified atom stereocenters. The van der Waals surface area contributed by atoms with Gasteiger partial charge in [-0.2, -0.15) is 0 Å². The summed E-state index contributed by atoms with van der Waals surface area (Å²) in [6.07, 6.45) is 5.06. The van der Waals surface area contributed by atoms with Crippen LogP contribution in [-0.4, -0.2) is 51.0 Å². The molecule has 0 aliphatic carbocycles. The number of nitrogens with zero attached hydrogens (tertiary/aromatic N) is 2. The van der Waals surface area contributed by atoms with Gasteiger partial charge in [0.1, 0.15) is 6.54 Å². The molecule has 10 heteroatoms. The molecule has 0 spiro atoms. The fourth-order valence-corrected chi connectivity index (χ4v) is 4.92. The van der Waals surface area contributed by atoms with Crippen molar-refractivity contribution >= 4 is 56.4 Å². The monoisotopic (exact) mass is 497 g/mol. The minimum Gasteiger partial charge on any atom is -0.339 e. The van der Waals surface area contributed by atoms with E-state index in [1.54, 1.807) is 35.2 Å². The summed E-state index contributed by atoms with van der Waals surface area (Å²) in [7, 11) is -3.84. The molecule has 0 saturated carbocycles. The second-order valence-electron chi connectivity index (χ2n) is 7.64. The first-order valence-corrected chi connectivity index (χ1v) is 12.9. The lowest BCUT2D eigenvalue weighted by Gasteiger charge is -2.24. The lowest BCUT2D eigenvalue weighted by molar-refractivity contribution is -0.114. The third kappa shape index (κ3) is 5.94. The Labute approximate surface area is 198 Å². The Balaban J connectivity index is 1.82. The summed E-state index contributed by atoms with van der Waals surface area (Å²) in [5.41, 5.74) is 0.803. The quantitative estimate of drug-likeness (QED) is 0.639. The Bertz CT molecular complexity index is 1100. The molecule has 3 rings (SSSR count). The molecule has 32 heavy (non-hydrogen) atoms. The van der Waals surface area contributed by atoms with Gasteiger partial charge in [0.2, 0.25) is 15.9 Å². The molecule has 0 aromatic heterocycles. The number of para-hydroxylation sites is 1. The van der Waals surface area contributed by atoms with Crippen LogP contribution in [0.2, 0.25) is 10.0 Å². The van der Waals surface area contributed by atoms with Crippen molar-refractivity contribution in [1.82, 2.24) is 4.90 Å². The third-order valence-electron chi connectivity index (χ3n) is 5.21. The summed E-state index contributed by atoms with van der Waals surface area (Å²) < 4.78 is 25.6. The summed E-state index contributed by atoms with van der Waals surface area (Å²) in [4.78, 5) is 27.7. The van der Waals surface area contributed by atoms with Gasteiger partial charge in [0, 0.05) is 13.1 Å². The van der Waals surface area contributed by atoms with Crippen molar-refractivity contribution in [3.8, 4) is 0 Å². The van der Waals surface area contributed by atoms with E-state index >= 15 is 0 Å². The maximum Gasteiger partial charge on any atom is 0.255 e. The van der Waals surface area contributed by atoms with Crippen molar-refractivity contribution in [3.63, 3.8) is 0 Å². The van der Waals surface area contributed by atoms with Gasteiger partial charge in [0.25, 0.3) is 5.91 Å². The van der Waals surface area contributed by atoms with Crippen molar-refractivity contribution < 1.29 is 18.0 Å². The number of carbonyl (C=O) groups excluding carboxylic acids is 2. The second-order valence-corrected chi connectivity index (χ2v) is 10.3. The largest absolute Gasteiger partial charge is 0.339 e. The molecule has 1 fully saturated rings. The SMILES string of the molecule is CS(=O)(=O)N(CC(=O)Nc1ccccc1C(=O)N1CCCCCC1)c1cccc(Cl)c1Cl. The van der Waals surface area contributed by atoms with E-state index in [0.717, 1.165) is 36.2 Å². The highest BCUT2D eigenvalue weighted by atomic mass is 35.5. The molecule has 1 aliphatic rings. The first-order chi connectivity index (χ1) is 15.2. The van der Waals surface area contributed by atoms with Crippen LogP contribution in [0.4, 0.5) is 11.4 Å². The van der Waals surface area contributed by atoms with Crippen LogP contribution in [0, 0.1) is 0 Å². The minimum atomic E-state index is -3.84. The number of likely N-dealkylation sites (tertiary alicyclic amines) is 1. The van der Waals surface area contributed by atoms with Crippen LogP contribution >= 0.6 is 23.2 Å². The van der Waals surface area contributed by atoms with E-state index in [1.807, 2.05) is 0 Å². The zero-order valence-corrected chi connectivity index (χ0v) is 20.0. The molecule has 2 aromatic rings. The van der Waals surface area contributed by atoms with Crippen LogP contribution in [0.1, 0.15) is 36.0 Å². The van der Waals surface area contributed by atoms with Crippen LogP contribution in [0.3, 0.4) is 0 Å². The Kier molecular flexibility index (Phi) is 8.03. The predicted octanol–water partition coefficient (Wildman–Crippen LogP) is 4.41. The summed E-state index contributed by atoms with van der Waals surface area (Å²) >= 11 is 12.2. The zero-order chi connectivity index (χ0) is 23.3. The highest BCUT2D eigenvalue weighted by Crippen LogP contribution is 2.33. The molecule has 0 atom stereocenters. The molecule has 2 aromatic carbocycles. The molecule has 1 saturated heterocycles. The van der Waals surface area contributed by atoms with E-state index in [9.17, 15) is 18.0 Å². The van der Waals surface area contributed by atoms with Crippen LogP contribution < -0.4 is 9.62 Å². The summed E-state index contributed by atoms with van der Waals surface area (Å²) in [6.45, 7) is 0.831. The highest BCUT2D eigenvalue weighted by Gasteiger charge is 2.25. The number of amides is 2. The van der Waals surface area contributed by atoms with Crippen molar-refractivity contribution in [2.45, 2.75) is 25.7 Å². The molecule has 1 heterocycles. The van der Waals surface area contributed by atoms with E-state index in [4.69, 9.17) is 23.2 Å². The number of hydrogen-bond acceptors (Lipinski definition) is 4. The van der Waals surface area contributed by atoms with Crippen LogP contribution in [0.15, 0.2) is 42.5 Å². The maximum atomic E-state index is 13.1. The number of anilines is 2. The summed E-state index contributed by atoms with van der Waals surface area (Å²) in [6, 6.07) is 11.3. The van der Waals surface area contributed by atoms with Crippen molar-refractivity contribution in [1.29, 1.82) is 0 Å². The van der Waals surface area contributed by atoms with Gasteiger partial charge in [0.15, 0.2) is 0 Å². The molecule has 7 nitrogen and oxygen atoms in total. The van der Waals surface area contributed by atoms with Gasteiger partial charge in [-0.1, -0.05) is 54.2 Å². The van der Waals surface area contributed by atoms with Gasteiger partial charge in [-0.3, -0.25) is 13.9 Å². The van der Waals surface area contributed by atoms with Gasteiger partial charge >= 0.3 is 0 Å². The average molecular weight is 498 g/mol. The molecule has 0 bridgehead atoms. The molecular formula is C22H25Cl2N3O4S. The molecule has 172 valence electrons. The number of nitrogens with one attached hydrogen (secondary N) is 1. The van der Waals surface area contributed by atoms with E-state index in [1.165, 1.54) is 12.1 Å². The first-order valence-electron chi connectivity index (χ1n) is 10.3. The molecule has 0 radical (unpaired) electrons. The Morgan fingerprint density at radius 3 is 2.31 bits per heavy atom. The first kappa shape index (κ1) is 24.4. The number of rotatable bonds is 6. The zero-order valence-electron chi connectivity index (χ0n) is 17.7. The number of benzene rings is 2. The molecular weight excluding hydrogens is 473 g/mol. The fourth-order valence-electron chi connectivity index (χ4n) is 3.61. The number of sulfonamides is 1. The molecule has 1 aliphatic heterocycles. The number of hydrogen-bond donors (Lipinski definition) is 1. The number of halogens is 2. The lowest BCUT2D eigenvalue weighted by atomic mass is 10.1. The molecule has 2 amide bonds. The minimum absolute atomic E-state index is 0.0316. The van der Waals surface area contributed by atoms with Crippen LogP contribution in [0.5, 0.6) is 0 Å². The topological polar surface area (TPSA) is 86.8 Å². The van der Waals surface area contributed by atoms with Gasteiger partial charge in [-0.05, 0) is 37.1 Å². The smallest absolute Gasteiger partial charge is 0.255 e. The Morgan fingerprint density at radius 1 is 1.00 bits per heavy atom. The van der Waals surface area contributed by atoms with Crippen LogP contribution in [0.25, 0.3) is 0 Å². The summed E-state index contributed by atoms with van der Waals surface area (Å²) in [5, 5.41) is 2.89. The van der Waals surface area contributed by atoms with Gasteiger partial charge in [-0.25, -0.2) is 8.42 Å². The third-order valence-corrected chi connectivity index (χ3v) is 7.15. The van der Waals surface area contributed by atoms with Crippen LogP contribution in [-0.2, 0) is 14.8 Å². The predicted molar refractivity (Wildman–Crippen MR) is 128 cm³/mol. The normalized spacial score (nSPS) is 14.5. The Hall–Kier alpha value is -2.29. The van der Waals surface area contributed by atoms with Gasteiger partial charge in [0.05, 0.1) is 33.2 Å². The van der Waals surface area contributed by atoms with Gasteiger partial charge in [-0.15, -0.1) is 0 Å². The average Bonchev–Trinajstić information content (AvgIpc) is 3.03. The van der Waals surface area contributed by atoms with Crippen molar-refractivity contribution in [2.24, 2.45) is 0 Å². The summed E-state index contributed by atoms with van der Waals surface area (Å²) in [5.74, 6) is -0.761. The Morgan fingerprint density at radius 2 is 1.66 bits per heavy atom. The standard InChI is InChI=1S/C22H25Cl2N3O4S/c1-32(30,31)27(19-12-8-10-17(23)21(19)24)15-20(28)25-18-11-5-4-9-16(18)22(29)26-13-6-2-3-7-14-26/h4-5,8-12H,2-3,6-7,13-15H2,1H3,(H,25,28). The van der Waals surface area contributed by atoms with E-state index < -0.39 is 22.5 Å². The highest BCUT2D eigenvalue weighted by molar-refractivity contribution is 7.92. The lowest BCUT2D eigenvalue weighted by Crippen LogP contribution is -2.38. The van der Waals surface area contributed by atoms with E-state index in [0.29, 0.717) is 24.3 Å². The number of carbonyl (C=O) groups is 2. The van der Waals surface area contributed by atoms with E-state index in [-0.39, 0.29) is 21.6 Å². The second kappa shape index (κ2) is 10.6. The van der Waals surface area contributed by atoms with E-state index in [2.05, 4.69) is 5.32 Å². The fraction of sp³-hybridized carbons (Fsp3) is 0.364. The maximum absolute atomic E-state index is 13.1.